The van der Waals surface area contributed by atoms with Crippen LogP contribution in [0.5, 0.6) is 0 Å². The minimum atomic E-state index is -0.776. The summed E-state index contributed by atoms with van der Waals surface area (Å²) in [5.41, 5.74) is -0.0493. The van der Waals surface area contributed by atoms with E-state index in [9.17, 15) is 18.0 Å². The van der Waals surface area contributed by atoms with Gasteiger partial charge in [0.2, 0.25) is 5.91 Å². The Morgan fingerprint density at radius 2 is 1.84 bits per heavy atom. The normalized spacial score (nSPS) is 24.7. The molecule has 3 saturated heterocycles. The van der Waals surface area contributed by atoms with Gasteiger partial charge < -0.3 is 14.5 Å². The number of piperidine rings is 1. The highest BCUT2D eigenvalue weighted by atomic mass is 19.1. The topological polar surface area (TPSA) is 63.0 Å². The van der Waals surface area contributed by atoms with E-state index in [-0.39, 0.29) is 17.6 Å². The van der Waals surface area contributed by atoms with Crippen LogP contribution < -0.4 is 4.90 Å². The third kappa shape index (κ3) is 2.82. The Bertz CT molecular complexity index is 1200. The molecule has 2 atom stereocenters. The van der Waals surface area contributed by atoms with Crippen LogP contribution in [-0.2, 0) is 9.53 Å². The Morgan fingerprint density at radius 1 is 1.09 bits per heavy atom. The SMILES string of the molecule is O=C1N2[C@@H](CO[C@H]2c2cc(F)cc(F)c2)CC12CCN(c1ccnc3c(F)cnn13)CC2. The van der Waals surface area contributed by atoms with Crippen molar-refractivity contribution in [3.05, 3.63) is 59.7 Å². The summed E-state index contributed by atoms with van der Waals surface area (Å²) in [5, 5.41) is 4.09. The standard InChI is InChI=1S/C22H20F3N5O2/c23-14-7-13(8-15(24)9-14)20-29-16(12-32-20)10-22(21(29)31)2-5-28(6-3-22)18-1-4-26-19-17(25)11-27-30(18)19/h1,4,7-9,11,16,20H,2-3,5-6,10,12H2/t16-,20+/m1/s1. The minimum absolute atomic E-state index is 0.0284. The van der Waals surface area contributed by atoms with E-state index in [0.717, 1.165) is 18.1 Å². The average Bonchev–Trinajstić information content (AvgIpc) is 3.43. The number of hydrogen-bond donors (Lipinski definition) is 0. The molecule has 32 heavy (non-hydrogen) atoms. The van der Waals surface area contributed by atoms with E-state index in [1.807, 2.05) is 0 Å². The molecule has 1 amide bonds. The zero-order valence-electron chi connectivity index (χ0n) is 17.0. The van der Waals surface area contributed by atoms with Crippen molar-refractivity contribution in [2.45, 2.75) is 31.5 Å². The Kier molecular flexibility index (Phi) is 4.23. The molecule has 3 aliphatic heterocycles. The fourth-order valence-electron chi connectivity index (χ4n) is 5.44. The van der Waals surface area contributed by atoms with Crippen LogP contribution in [0.3, 0.4) is 0 Å². The van der Waals surface area contributed by atoms with Gasteiger partial charge in [-0.2, -0.15) is 9.61 Å². The molecule has 0 unspecified atom stereocenters. The maximum absolute atomic E-state index is 13.9. The highest BCUT2D eigenvalue weighted by Gasteiger charge is 2.57. The average molecular weight is 443 g/mol. The molecule has 0 aliphatic carbocycles. The molecular formula is C22H20F3N5O2. The second kappa shape index (κ2) is 6.93. The van der Waals surface area contributed by atoms with Gasteiger partial charge in [0.1, 0.15) is 17.5 Å². The maximum atomic E-state index is 13.9. The van der Waals surface area contributed by atoms with E-state index < -0.39 is 29.1 Å². The van der Waals surface area contributed by atoms with Crippen LogP contribution >= 0.6 is 0 Å². The van der Waals surface area contributed by atoms with Crippen LogP contribution in [0.25, 0.3) is 5.65 Å². The molecule has 10 heteroatoms. The minimum Gasteiger partial charge on any atom is -0.356 e. The van der Waals surface area contributed by atoms with Gasteiger partial charge in [-0.25, -0.2) is 18.2 Å². The third-order valence-corrected chi connectivity index (χ3v) is 6.96. The van der Waals surface area contributed by atoms with Gasteiger partial charge in [0.25, 0.3) is 0 Å². The zero-order chi connectivity index (χ0) is 22.0. The molecule has 3 fully saturated rings. The molecule has 0 radical (unpaired) electrons. The molecule has 3 aliphatic rings. The molecule has 0 saturated carbocycles. The Labute approximate surface area is 181 Å². The molecule has 6 rings (SSSR count). The number of carbonyl (C=O) groups excluding carboxylic acids is 1. The van der Waals surface area contributed by atoms with Crippen molar-refractivity contribution < 1.29 is 22.7 Å². The molecule has 7 nitrogen and oxygen atoms in total. The largest absolute Gasteiger partial charge is 0.356 e. The van der Waals surface area contributed by atoms with Crippen molar-refractivity contribution in [1.82, 2.24) is 19.5 Å². The zero-order valence-corrected chi connectivity index (χ0v) is 17.0. The highest BCUT2D eigenvalue weighted by molar-refractivity contribution is 5.86. The first-order valence-corrected chi connectivity index (χ1v) is 10.6. The monoisotopic (exact) mass is 443 g/mol. The number of aromatic nitrogens is 3. The van der Waals surface area contributed by atoms with Crippen LogP contribution in [-0.4, -0.2) is 51.1 Å². The van der Waals surface area contributed by atoms with Crippen LogP contribution in [0.1, 0.15) is 31.1 Å². The first-order valence-electron chi connectivity index (χ1n) is 10.6. The number of hydrogen-bond acceptors (Lipinski definition) is 5. The lowest BCUT2D eigenvalue weighted by Crippen LogP contribution is -2.45. The molecule has 2 aromatic heterocycles. The second-order valence-electron chi connectivity index (χ2n) is 8.76. The number of amides is 1. The fraction of sp³-hybridized carbons (Fsp3) is 0.409. The summed E-state index contributed by atoms with van der Waals surface area (Å²) in [6, 6.07) is 4.91. The summed E-state index contributed by atoms with van der Waals surface area (Å²) >= 11 is 0. The van der Waals surface area contributed by atoms with E-state index in [4.69, 9.17) is 4.74 Å². The maximum Gasteiger partial charge on any atom is 0.231 e. The van der Waals surface area contributed by atoms with Gasteiger partial charge in [0.15, 0.2) is 17.7 Å². The van der Waals surface area contributed by atoms with Gasteiger partial charge in [-0.05, 0) is 37.5 Å². The molecule has 1 aromatic carbocycles. The van der Waals surface area contributed by atoms with Crippen molar-refractivity contribution in [3.8, 4) is 0 Å². The number of carbonyl (C=O) groups is 1. The van der Waals surface area contributed by atoms with Gasteiger partial charge >= 0.3 is 0 Å². The molecule has 166 valence electrons. The quantitative estimate of drug-likeness (QED) is 0.609. The number of benzene rings is 1. The van der Waals surface area contributed by atoms with Gasteiger partial charge in [0, 0.05) is 30.9 Å². The van der Waals surface area contributed by atoms with Crippen LogP contribution in [0.2, 0.25) is 0 Å². The Balaban J connectivity index is 1.24. The lowest BCUT2D eigenvalue weighted by molar-refractivity contribution is -0.143. The van der Waals surface area contributed by atoms with Crippen molar-refractivity contribution >= 4 is 17.4 Å². The van der Waals surface area contributed by atoms with Crippen molar-refractivity contribution in [2.24, 2.45) is 5.41 Å². The summed E-state index contributed by atoms with van der Waals surface area (Å²) < 4.78 is 48.6. The molecule has 5 heterocycles. The summed E-state index contributed by atoms with van der Waals surface area (Å²) in [6.07, 6.45) is 3.81. The number of ether oxygens (including phenoxy) is 1. The summed E-state index contributed by atoms with van der Waals surface area (Å²) in [4.78, 5) is 21.3. The Morgan fingerprint density at radius 3 is 2.59 bits per heavy atom. The van der Waals surface area contributed by atoms with Crippen molar-refractivity contribution in [1.29, 1.82) is 0 Å². The van der Waals surface area contributed by atoms with Gasteiger partial charge in [-0.1, -0.05) is 0 Å². The van der Waals surface area contributed by atoms with E-state index in [1.54, 1.807) is 17.2 Å². The number of anilines is 1. The van der Waals surface area contributed by atoms with E-state index >= 15 is 0 Å². The third-order valence-electron chi connectivity index (χ3n) is 6.96. The molecule has 3 aromatic rings. The number of rotatable bonds is 2. The predicted octanol–water partition coefficient (Wildman–Crippen LogP) is 3.06. The number of halogens is 3. The van der Waals surface area contributed by atoms with Crippen LogP contribution in [0.4, 0.5) is 19.0 Å². The van der Waals surface area contributed by atoms with Crippen LogP contribution in [0, 0.1) is 22.9 Å². The van der Waals surface area contributed by atoms with Crippen LogP contribution in [0.15, 0.2) is 36.7 Å². The summed E-state index contributed by atoms with van der Waals surface area (Å²) in [7, 11) is 0. The number of nitrogens with zero attached hydrogens (tertiary/aromatic N) is 5. The molecule has 0 bridgehead atoms. The fourth-order valence-corrected chi connectivity index (χ4v) is 5.44. The predicted molar refractivity (Wildman–Crippen MR) is 107 cm³/mol. The van der Waals surface area contributed by atoms with E-state index in [2.05, 4.69) is 15.0 Å². The summed E-state index contributed by atoms with van der Waals surface area (Å²) in [5.74, 6) is -1.16. The van der Waals surface area contributed by atoms with E-state index in [1.165, 1.54) is 16.6 Å². The first kappa shape index (κ1) is 19.5. The lowest BCUT2D eigenvalue weighted by Gasteiger charge is -2.39. The van der Waals surface area contributed by atoms with Gasteiger partial charge in [-0.3, -0.25) is 4.79 Å². The molecule has 1 spiro atoms. The van der Waals surface area contributed by atoms with Crippen molar-refractivity contribution in [2.75, 3.05) is 24.6 Å². The smallest absolute Gasteiger partial charge is 0.231 e. The van der Waals surface area contributed by atoms with Gasteiger partial charge in [-0.15, -0.1) is 0 Å². The molecular weight excluding hydrogens is 423 g/mol. The Hall–Kier alpha value is -3.14. The lowest BCUT2D eigenvalue weighted by atomic mass is 9.76. The van der Waals surface area contributed by atoms with Crippen molar-refractivity contribution in [3.63, 3.8) is 0 Å². The second-order valence-corrected chi connectivity index (χ2v) is 8.76. The highest BCUT2D eigenvalue weighted by Crippen LogP contribution is 2.50. The first-order chi connectivity index (χ1) is 15.4. The number of fused-ring (bicyclic) bond motifs is 2. The molecule has 0 N–H and O–H groups in total. The summed E-state index contributed by atoms with van der Waals surface area (Å²) in [6.45, 7) is 1.55. The van der Waals surface area contributed by atoms with E-state index in [0.29, 0.717) is 44.5 Å². The van der Waals surface area contributed by atoms with Gasteiger partial charge in [0.05, 0.1) is 24.3 Å².